The van der Waals surface area contributed by atoms with E-state index in [9.17, 15) is 4.79 Å². The van der Waals surface area contributed by atoms with Crippen LogP contribution in [0.5, 0.6) is 0 Å². The Balaban J connectivity index is 3.94. The van der Waals surface area contributed by atoms with Gasteiger partial charge in [-0.3, -0.25) is 0 Å². The largest absolute Gasteiger partial charge is 0.454 e. The molecule has 0 aromatic heterocycles. The van der Waals surface area contributed by atoms with E-state index in [1.54, 1.807) is 12.2 Å². The van der Waals surface area contributed by atoms with Crippen molar-refractivity contribution in [3.63, 3.8) is 0 Å². The van der Waals surface area contributed by atoms with E-state index >= 15 is 0 Å². The van der Waals surface area contributed by atoms with Gasteiger partial charge in [-0.15, -0.1) is 0 Å². The van der Waals surface area contributed by atoms with Crippen molar-refractivity contribution in [2.45, 2.75) is 78.2 Å². The minimum Gasteiger partial charge on any atom is -0.454 e. The molecule has 186 valence electrons. The molecule has 0 aliphatic carbocycles. The van der Waals surface area contributed by atoms with Crippen molar-refractivity contribution < 1.29 is 19.0 Å². The topological polar surface area (TPSA) is 44.8 Å². The first-order valence-corrected chi connectivity index (χ1v) is 12.6. The lowest BCUT2D eigenvalue weighted by Gasteiger charge is -2.16. The first-order chi connectivity index (χ1) is 16.2. The van der Waals surface area contributed by atoms with Gasteiger partial charge in [0.2, 0.25) is 0 Å². The lowest BCUT2D eigenvalue weighted by atomic mass is 10.1. The Morgan fingerprint density at radius 1 is 0.636 bits per heavy atom. The van der Waals surface area contributed by atoms with Crippen molar-refractivity contribution in [1.82, 2.24) is 0 Å². The number of carbonyl (C=O) groups excluding carboxylic acids is 1. The Hall–Kier alpha value is -2.17. The molecule has 0 saturated heterocycles. The smallest absolute Gasteiger partial charge is 0.331 e. The van der Waals surface area contributed by atoms with E-state index in [4.69, 9.17) is 14.2 Å². The highest BCUT2D eigenvalue weighted by molar-refractivity contribution is 5.82. The van der Waals surface area contributed by atoms with E-state index in [1.165, 1.54) is 51.0 Å². The Labute approximate surface area is 202 Å². The lowest BCUT2D eigenvalue weighted by molar-refractivity contribution is -0.149. The fourth-order valence-corrected chi connectivity index (χ4v) is 2.86. The lowest BCUT2D eigenvalue weighted by Crippen LogP contribution is -2.28. The zero-order chi connectivity index (χ0) is 24.2. The number of unbranched alkanes of at least 4 members (excludes halogenated alkanes) is 7. The van der Waals surface area contributed by atoms with Crippen molar-refractivity contribution >= 4 is 5.97 Å². The molecule has 0 bridgehead atoms. The molecule has 0 atom stereocenters. The fraction of sp³-hybridized carbons (Fsp3) is 0.552. The highest BCUT2D eigenvalue weighted by Gasteiger charge is 2.12. The molecular weight excluding hydrogens is 412 g/mol. The molecule has 0 saturated carbocycles. The maximum absolute atomic E-state index is 11.9. The number of allylic oxidation sites excluding steroid dienone is 11. The zero-order valence-corrected chi connectivity index (χ0v) is 21.1. The summed E-state index contributed by atoms with van der Waals surface area (Å²) in [5, 5.41) is 0. The van der Waals surface area contributed by atoms with Gasteiger partial charge in [-0.25, -0.2) is 4.79 Å². The summed E-state index contributed by atoms with van der Waals surface area (Å²) in [5.74, 6) is -0.405. The normalized spacial score (nSPS) is 12.8. The molecule has 0 aliphatic rings. The molecule has 0 N–H and O–H groups in total. The average Bonchev–Trinajstić information content (AvgIpc) is 2.82. The minimum absolute atomic E-state index is 0.338. The molecular formula is C29H46O4. The molecule has 0 heterocycles. The van der Waals surface area contributed by atoms with Gasteiger partial charge >= 0.3 is 5.97 Å². The summed E-state index contributed by atoms with van der Waals surface area (Å²) in [7, 11) is 0. The van der Waals surface area contributed by atoms with E-state index in [0.29, 0.717) is 26.4 Å². The van der Waals surface area contributed by atoms with Crippen LogP contribution in [0, 0.1) is 0 Å². The molecule has 0 amide bonds. The van der Waals surface area contributed by atoms with Crippen LogP contribution in [0.2, 0.25) is 0 Å². The number of hydrogen-bond acceptors (Lipinski definition) is 4. The van der Waals surface area contributed by atoms with Crippen molar-refractivity contribution in [3.8, 4) is 0 Å². The Kier molecular flexibility index (Phi) is 24.4. The first-order valence-electron chi connectivity index (χ1n) is 12.6. The summed E-state index contributed by atoms with van der Waals surface area (Å²) in [6, 6.07) is 0. The standard InChI is InChI=1S/C29H46O4/c1-4-7-8-9-10-11-12-13-14-15-16-17-18-19-20-21-22-23-24-25-29(30)33-28(26-31-5-2)27-32-6-3/h14-25,28H,4-13,26-27H2,1-3H3. The van der Waals surface area contributed by atoms with Crippen LogP contribution >= 0.6 is 0 Å². The number of carbonyl (C=O) groups is 1. The van der Waals surface area contributed by atoms with Gasteiger partial charge in [-0.2, -0.15) is 0 Å². The van der Waals surface area contributed by atoms with Crippen molar-refractivity contribution in [1.29, 1.82) is 0 Å². The van der Waals surface area contributed by atoms with Gasteiger partial charge in [0.15, 0.2) is 0 Å². The number of ether oxygens (including phenoxy) is 3. The second kappa shape index (κ2) is 26.1. The van der Waals surface area contributed by atoms with Crippen LogP contribution in [-0.2, 0) is 19.0 Å². The number of esters is 1. The Morgan fingerprint density at radius 3 is 1.67 bits per heavy atom. The second-order valence-corrected chi connectivity index (χ2v) is 7.61. The molecule has 0 spiro atoms. The van der Waals surface area contributed by atoms with Crippen LogP contribution in [0.3, 0.4) is 0 Å². The van der Waals surface area contributed by atoms with Gasteiger partial charge in [-0.05, 0) is 26.7 Å². The molecule has 0 fully saturated rings. The van der Waals surface area contributed by atoms with E-state index in [2.05, 4.69) is 25.2 Å². The molecule has 0 aliphatic heterocycles. The third-order valence-electron chi connectivity index (χ3n) is 4.64. The summed E-state index contributed by atoms with van der Waals surface area (Å²) in [4.78, 5) is 11.9. The highest BCUT2D eigenvalue weighted by Crippen LogP contribution is 2.08. The molecule has 0 radical (unpaired) electrons. The molecule has 4 heteroatoms. The molecule has 0 unspecified atom stereocenters. The summed E-state index contributed by atoms with van der Waals surface area (Å²) >= 11 is 0. The number of hydrogen-bond donors (Lipinski definition) is 0. The predicted molar refractivity (Wildman–Crippen MR) is 140 cm³/mol. The Morgan fingerprint density at radius 2 is 1.12 bits per heavy atom. The summed E-state index contributed by atoms with van der Waals surface area (Å²) in [5.41, 5.74) is 0. The van der Waals surface area contributed by atoms with Crippen molar-refractivity contribution in [3.05, 3.63) is 72.9 Å². The van der Waals surface area contributed by atoms with Crippen LogP contribution < -0.4 is 0 Å². The maximum Gasteiger partial charge on any atom is 0.331 e. The van der Waals surface area contributed by atoms with Gasteiger partial charge in [0.1, 0.15) is 6.10 Å². The van der Waals surface area contributed by atoms with E-state index in [0.717, 1.165) is 6.42 Å². The summed E-state index contributed by atoms with van der Waals surface area (Å²) < 4.78 is 16.0. The van der Waals surface area contributed by atoms with Crippen LogP contribution in [0.1, 0.15) is 72.1 Å². The van der Waals surface area contributed by atoms with Gasteiger partial charge in [-0.1, -0.05) is 112 Å². The summed E-state index contributed by atoms with van der Waals surface area (Å²) in [6.45, 7) is 7.89. The zero-order valence-electron chi connectivity index (χ0n) is 21.1. The third kappa shape index (κ3) is 24.3. The molecule has 0 aromatic carbocycles. The predicted octanol–water partition coefficient (Wildman–Crippen LogP) is 7.45. The van der Waals surface area contributed by atoms with Crippen molar-refractivity contribution in [2.75, 3.05) is 26.4 Å². The first kappa shape index (κ1) is 30.8. The molecule has 4 nitrogen and oxygen atoms in total. The second-order valence-electron chi connectivity index (χ2n) is 7.61. The van der Waals surface area contributed by atoms with Gasteiger partial charge in [0.05, 0.1) is 13.2 Å². The minimum atomic E-state index is -0.405. The van der Waals surface area contributed by atoms with Crippen LogP contribution in [0.15, 0.2) is 72.9 Å². The van der Waals surface area contributed by atoms with Gasteiger partial charge in [0.25, 0.3) is 0 Å². The number of rotatable bonds is 21. The van der Waals surface area contributed by atoms with Gasteiger partial charge < -0.3 is 14.2 Å². The fourth-order valence-electron chi connectivity index (χ4n) is 2.86. The monoisotopic (exact) mass is 458 g/mol. The molecule has 0 rings (SSSR count). The highest BCUT2D eigenvalue weighted by atomic mass is 16.6. The maximum atomic E-state index is 11.9. The third-order valence-corrected chi connectivity index (χ3v) is 4.64. The quantitative estimate of drug-likeness (QED) is 0.0775. The van der Waals surface area contributed by atoms with Crippen LogP contribution in [0.4, 0.5) is 0 Å². The van der Waals surface area contributed by atoms with E-state index in [1.807, 2.05) is 50.3 Å². The van der Waals surface area contributed by atoms with Crippen LogP contribution in [0.25, 0.3) is 0 Å². The average molecular weight is 459 g/mol. The SMILES string of the molecule is CCCCCCCCCC=CC=CC=CC=CC=CC=CC(=O)OC(COCC)COCC. The van der Waals surface area contributed by atoms with Gasteiger partial charge in [0, 0.05) is 19.3 Å². The molecule has 33 heavy (non-hydrogen) atoms. The molecule has 0 aromatic rings. The van der Waals surface area contributed by atoms with E-state index in [-0.39, 0.29) is 6.10 Å². The Bertz CT molecular complexity index is 603. The summed E-state index contributed by atoms with van der Waals surface area (Å²) in [6.07, 6.45) is 33.2. The van der Waals surface area contributed by atoms with E-state index < -0.39 is 5.97 Å². The van der Waals surface area contributed by atoms with Crippen molar-refractivity contribution in [2.24, 2.45) is 0 Å². The van der Waals surface area contributed by atoms with Crippen LogP contribution in [-0.4, -0.2) is 38.5 Å².